The number of carbonyl (C=O) groups is 2. The molecule has 4 heteroatoms. The van der Waals surface area contributed by atoms with Crippen LogP contribution in [0.15, 0.2) is 0 Å². The molecule has 0 saturated heterocycles. The molecule has 1 fully saturated rings. The van der Waals surface area contributed by atoms with Gasteiger partial charge in [0.2, 0.25) is 0 Å². The monoisotopic (exact) mass is 368 g/mol. The van der Waals surface area contributed by atoms with Gasteiger partial charge in [0.05, 0.1) is 0 Å². The minimum atomic E-state index is -1.07. The van der Waals surface area contributed by atoms with Crippen LogP contribution in [0.25, 0.3) is 0 Å². The van der Waals surface area contributed by atoms with E-state index in [1.54, 1.807) is 0 Å². The average molecular weight is 369 g/mol. The molecule has 0 spiro atoms. The molecule has 0 aliphatic heterocycles. The van der Waals surface area contributed by atoms with E-state index < -0.39 is 5.41 Å². The van der Waals surface area contributed by atoms with Crippen LogP contribution in [0.2, 0.25) is 0 Å². The van der Waals surface area contributed by atoms with E-state index in [0.717, 1.165) is 70.6 Å². The maximum Gasteiger partial charge on any atom is 0.323 e. The number of rotatable bonds is 12. The highest BCUT2D eigenvalue weighted by atomic mass is 16.6. The van der Waals surface area contributed by atoms with Gasteiger partial charge in [0, 0.05) is 0 Å². The van der Waals surface area contributed by atoms with Crippen molar-refractivity contribution in [3.8, 4) is 0 Å². The Hall–Kier alpha value is -1.06. The lowest BCUT2D eigenvalue weighted by Crippen LogP contribution is -2.45. The first-order valence-electron chi connectivity index (χ1n) is 11.0. The molecule has 0 aromatic rings. The maximum atomic E-state index is 13.1. The number of ether oxygens (including phenoxy) is 2. The second-order valence-electron chi connectivity index (χ2n) is 7.80. The molecule has 0 amide bonds. The van der Waals surface area contributed by atoms with Crippen molar-refractivity contribution in [1.82, 2.24) is 0 Å². The predicted octanol–water partition coefficient (Wildman–Crippen LogP) is 5.96. The molecule has 152 valence electrons. The van der Waals surface area contributed by atoms with Gasteiger partial charge in [-0.1, -0.05) is 72.6 Å². The molecule has 26 heavy (non-hydrogen) atoms. The van der Waals surface area contributed by atoms with Gasteiger partial charge in [0.1, 0.15) is 12.2 Å². The van der Waals surface area contributed by atoms with Gasteiger partial charge in [-0.25, -0.2) is 0 Å². The molecule has 0 radical (unpaired) electrons. The molecule has 1 aliphatic carbocycles. The third kappa shape index (κ3) is 6.59. The quantitative estimate of drug-likeness (QED) is 0.315. The third-order valence-electron chi connectivity index (χ3n) is 5.71. The van der Waals surface area contributed by atoms with Crippen molar-refractivity contribution in [1.29, 1.82) is 0 Å². The summed E-state index contributed by atoms with van der Waals surface area (Å²) in [6.07, 6.45) is 11.4. The SMILES string of the molecule is CCCCC(CC)OC(=O)C1(C(=O)OC(CC)CCCC)CCCCC1. The molecule has 0 aromatic heterocycles. The fraction of sp³-hybridized carbons (Fsp3) is 0.909. The second kappa shape index (κ2) is 12.3. The Bertz CT molecular complexity index is 380. The van der Waals surface area contributed by atoms with Gasteiger partial charge in [-0.05, 0) is 38.5 Å². The van der Waals surface area contributed by atoms with Gasteiger partial charge in [0.25, 0.3) is 0 Å². The normalized spacial score (nSPS) is 18.8. The number of hydrogen-bond donors (Lipinski definition) is 0. The van der Waals surface area contributed by atoms with Crippen LogP contribution in [0.4, 0.5) is 0 Å². The summed E-state index contributed by atoms with van der Waals surface area (Å²) in [7, 11) is 0. The third-order valence-corrected chi connectivity index (χ3v) is 5.71. The Morgan fingerprint density at radius 1 is 0.769 bits per heavy atom. The van der Waals surface area contributed by atoms with E-state index in [1.165, 1.54) is 0 Å². The van der Waals surface area contributed by atoms with E-state index in [0.29, 0.717) is 12.8 Å². The van der Waals surface area contributed by atoms with E-state index in [2.05, 4.69) is 13.8 Å². The summed E-state index contributed by atoms with van der Waals surface area (Å²) in [5, 5.41) is 0. The Labute approximate surface area is 160 Å². The summed E-state index contributed by atoms with van der Waals surface area (Å²) < 4.78 is 11.6. The first kappa shape index (κ1) is 23.0. The average Bonchev–Trinajstić information content (AvgIpc) is 2.68. The molecule has 2 unspecified atom stereocenters. The van der Waals surface area contributed by atoms with Crippen molar-refractivity contribution in [3.63, 3.8) is 0 Å². The Kier molecular flexibility index (Phi) is 10.9. The van der Waals surface area contributed by atoms with Gasteiger partial charge >= 0.3 is 11.9 Å². The molecule has 0 bridgehead atoms. The Morgan fingerprint density at radius 2 is 1.19 bits per heavy atom. The second-order valence-corrected chi connectivity index (χ2v) is 7.80. The van der Waals surface area contributed by atoms with Gasteiger partial charge in [-0.3, -0.25) is 9.59 Å². The number of unbranched alkanes of at least 4 members (excludes halogenated alkanes) is 2. The summed E-state index contributed by atoms with van der Waals surface area (Å²) in [5.74, 6) is -0.675. The number of carbonyl (C=O) groups excluding carboxylic acids is 2. The van der Waals surface area contributed by atoms with Crippen LogP contribution >= 0.6 is 0 Å². The van der Waals surface area contributed by atoms with Crippen LogP contribution in [0.1, 0.15) is 111 Å². The van der Waals surface area contributed by atoms with E-state index in [-0.39, 0.29) is 24.1 Å². The first-order chi connectivity index (χ1) is 12.5. The first-order valence-corrected chi connectivity index (χ1v) is 11.0. The highest BCUT2D eigenvalue weighted by Gasteiger charge is 2.50. The van der Waals surface area contributed by atoms with Crippen molar-refractivity contribution in [2.24, 2.45) is 5.41 Å². The molecule has 4 nitrogen and oxygen atoms in total. The molecular formula is C22H40O4. The van der Waals surface area contributed by atoms with Crippen LogP contribution in [0, 0.1) is 5.41 Å². The van der Waals surface area contributed by atoms with Crippen molar-refractivity contribution < 1.29 is 19.1 Å². The molecule has 1 aliphatic rings. The molecule has 0 N–H and O–H groups in total. The molecule has 0 heterocycles. The maximum absolute atomic E-state index is 13.1. The molecule has 1 saturated carbocycles. The Balaban J connectivity index is 2.84. The van der Waals surface area contributed by atoms with Gasteiger partial charge in [0.15, 0.2) is 5.41 Å². The predicted molar refractivity (Wildman–Crippen MR) is 105 cm³/mol. The van der Waals surface area contributed by atoms with Crippen LogP contribution in [0.5, 0.6) is 0 Å². The van der Waals surface area contributed by atoms with Crippen LogP contribution < -0.4 is 0 Å². The minimum Gasteiger partial charge on any atom is -0.462 e. The Morgan fingerprint density at radius 3 is 1.54 bits per heavy atom. The van der Waals surface area contributed by atoms with Gasteiger partial charge in [-0.15, -0.1) is 0 Å². The van der Waals surface area contributed by atoms with Crippen molar-refractivity contribution in [2.75, 3.05) is 0 Å². The topological polar surface area (TPSA) is 52.6 Å². The largest absolute Gasteiger partial charge is 0.462 e. The zero-order valence-corrected chi connectivity index (χ0v) is 17.5. The summed E-state index contributed by atoms with van der Waals surface area (Å²) in [6.45, 7) is 8.35. The zero-order chi connectivity index (χ0) is 19.4. The van der Waals surface area contributed by atoms with E-state index in [4.69, 9.17) is 9.47 Å². The molecule has 0 aromatic carbocycles. The lowest BCUT2D eigenvalue weighted by molar-refractivity contribution is -0.182. The minimum absolute atomic E-state index is 0.0869. The summed E-state index contributed by atoms with van der Waals surface area (Å²) in [4.78, 5) is 26.1. The molecule has 2 atom stereocenters. The summed E-state index contributed by atoms with van der Waals surface area (Å²) in [5.41, 5.74) is -1.07. The highest BCUT2D eigenvalue weighted by molar-refractivity contribution is 6.00. The van der Waals surface area contributed by atoms with Crippen LogP contribution in [-0.4, -0.2) is 24.1 Å². The van der Waals surface area contributed by atoms with Crippen molar-refractivity contribution >= 4 is 11.9 Å². The van der Waals surface area contributed by atoms with Gasteiger partial charge in [-0.2, -0.15) is 0 Å². The highest BCUT2D eigenvalue weighted by Crippen LogP contribution is 2.40. The van der Waals surface area contributed by atoms with Crippen molar-refractivity contribution in [2.45, 2.75) is 123 Å². The van der Waals surface area contributed by atoms with Gasteiger partial charge < -0.3 is 9.47 Å². The van der Waals surface area contributed by atoms with E-state index in [1.807, 2.05) is 13.8 Å². The number of hydrogen-bond acceptors (Lipinski definition) is 4. The van der Waals surface area contributed by atoms with E-state index >= 15 is 0 Å². The number of esters is 2. The summed E-state index contributed by atoms with van der Waals surface area (Å²) >= 11 is 0. The summed E-state index contributed by atoms with van der Waals surface area (Å²) in [6, 6.07) is 0. The van der Waals surface area contributed by atoms with Crippen LogP contribution in [0.3, 0.4) is 0 Å². The van der Waals surface area contributed by atoms with Crippen LogP contribution in [-0.2, 0) is 19.1 Å². The lowest BCUT2D eigenvalue weighted by Gasteiger charge is -2.35. The zero-order valence-electron chi connectivity index (χ0n) is 17.5. The standard InChI is InChI=1S/C22H40O4/c1-5-9-14-18(7-3)25-20(23)22(16-12-11-13-17-22)21(24)26-19(8-4)15-10-6-2/h18-19H,5-17H2,1-4H3. The lowest BCUT2D eigenvalue weighted by atomic mass is 9.74. The smallest absolute Gasteiger partial charge is 0.323 e. The van der Waals surface area contributed by atoms with E-state index in [9.17, 15) is 9.59 Å². The fourth-order valence-corrected chi connectivity index (χ4v) is 3.73. The fourth-order valence-electron chi connectivity index (χ4n) is 3.73. The van der Waals surface area contributed by atoms with Crippen molar-refractivity contribution in [3.05, 3.63) is 0 Å². The molecule has 1 rings (SSSR count). The molecular weight excluding hydrogens is 328 g/mol.